The molecule has 0 aromatic carbocycles. The van der Waals surface area contributed by atoms with Crippen molar-refractivity contribution in [3.8, 4) is 0 Å². The number of rotatable bonds is 2. The number of hydrogen-bond acceptors (Lipinski definition) is 5. The van der Waals surface area contributed by atoms with Gasteiger partial charge in [-0.25, -0.2) is 4.39 Å². The van der Waals surface area contributed by atoms with Crippen LogP contribution in [0.3, 0.4) is 0 Å². The van der Waals surface area contributed by atoms with Crippen molar-refractivity contribution in [2.45, 2.75) is 57.4 Å². The Balaban J connectivity index is 1.80. The zero-order valence-electron chi connectivity index (χ0n) is 16.0. The van der Waals surface area contributed by atoms with Gasteiger partial charge in [-0.05, 0) is 49.2 Å². The van der Waals surface area contributed by atoms with Crippen LogP contribution in [-0.4, -0.2) is 51.4 Å². The zero-order chi connectivity index (χ0) is 20.6. The third-order valence-corrected chi connectivity index (χ3v) is 8.59. The lowest BCUT2D eigenvalue weighted by Gasteiger charge is -2.60. The lowest BCUT2D eigenvalue weighted by molar-refractivity contribution is -0.180. The molecule has 0 bridgehead atoms. The van der Waals surface area contributed by atoms with E-state index in [4.69, 9.17) is 11.6 Å². The summed E-state index contributed by atoms with van der Waals surface area (Å²) in [5, 5.41) is 31.7. The first-order valence-electron chi connectivity index (χ1n) is 9.83. The van der Waals surface area contributed by atoms with E-state index in [9.17, 15) is 24.9 Å². The molecule has 3 N–H and O–H groups in total. The van der Waals surface area contributed by atoms with Crippen LogP contribution >= 0.6 is 11.6 Å². The SMILES string of the molecule is C[C@]12C=C(Cl)C(=O)C=C1[C@@H](F)C[C@@H]1[C@@H]2[C@@H](O)C[C@@]2(C)[C@H]1CC[C@]2(O)C(=O)CO. The smallest absolute Gasteiger partial charge is 0.196 e. The molecule has 0 amide bonds. The summed E-state index contributed by atoms with van der Waals surface area (Å²) in [6.45, 7) is 2.81. The summed E-state index contributed by atoms with van der Waals surface area (Å²) in [5.74, 6) is -1.89. The Morgan fingerprint density at radius 3 is 2.71 bits per heavy atom. The molecule has 0 spiro atoms. The van der Waals surface area contributed by atoms with Crippen LogP contribution in [0.25, 0.3) is 0 Å². The molecule has 4 aliphatic carbocycles. The second-order valence-corrected chi connectivity index (χ2v) is 9.81. The van der Waals surface area contributed by atoms with E-state index in [1.54, 1.807) is 13.0 Å². The molecule has 0 aliphatic heterocycles. The third kappa shape index (κ3) is 2.35. The Bertz CT molecular complexity index is 809. The van der Waals surface area contributed by atoms with Gasteiger partial charge in [0.15, 0.2) is 11.6 Å². The highest BCUT2D eigenvalue weighted by Gasteiger charge is 2.69. The molecule has 3 fully saturated rings. The minimum atomic E-state index is -1.72. The average molecular weight is 413 g/mol. The van der Waals surface area contributed by atoms with Crippen LogP contribution in [0.1, 0.15) is 39.5 Å². The maximum atomic E-state index is 15.2. The summed E-state index contributed by atoms with van der Waals surface area (Å²) < 4.78 is 15.2. The molecule has 0 aromatic rings. The van der Waals surface area contributed by atoms with E-state index in [-0.39, 0.29) is 42.0 Å². The molecule has 0 unspecified atom stereocenters. The van der Waals surface area contributed by atoms with Gasteiger partial charge >= 0.3 is 0 Å². The number of fused-ring (bicyclic) bond motifs is 5. The first-order chi connectivity index (χ1) is 13.0. The van der Waals surface area contributed by atoms with Crippen molar-refractivity contribution in [1.29, 1.82) is 0 Å². The zero-order valence-corrected chi connectivity index (χ0v) is 16.7. The Morgan fingerprint density at radius 1 is 1.39 bits per heavy atom. The minimum Gasteiger partial charge on any atom is -0.393 e. The highest BCUT2D eigenvalue weighted by Crippen LogP contribution is 2.67. The molecular weight excluding hydrogens is 387 g/mol. The van der Waals surface area contributed by atoms with E-state index in [1.165, 1.54) is 6.08 Å². The van der Waals surface area contributed by atoms with Crippen molar-refractivity contribution in [3.05, 3.63) is 22.8 Å². The first-order valence-corrected chi connectivity index (χ1v) is 10.2. The summed E-state index contributed by atoms with van der Waals surface area (Å²) in [4.78, 5) is 24.4. The molecule has 0 heterocycles. The predicted molar refractivity (Wildman–Crippen MR) is 100 cm³/mol. The van der Waals surface area contributed by atoms with Crippen molar-refractivity contribution in [3.63, 3.8) is 0 Å². The van der Waals surface area contributed by atoms with Crippen LogP contribution < -0.4 is 0 Å². The number of allylic oxidation sites excluding steroid dienone is 4. The molecule has 7 heteroatoms. The minimum absolute atomic E-state index is 0.0259. The highest BCUT2D eigenvalue weighted by molar-refractivity contribution is 6.44. The fourth-order valence-electron chi connectivity index (χ4n) is 6.99. The first kappa shape index (κ1) is 20.2. The Hall–Kier alpha value is -1.08. The fraction of sp³-hybridized carbons (Fsp3) is 0.714. The number of aliphatic hydroxyl groups excluding tert-OH is 2. The third-order valence-electron chi connectivity index (χ3n) is 8.29. The van der Waals surface area contributed by atoms with Crippen LogP contribution in [0.4, 0.5) is 4.39 Å². The number of Topliss-reactive ketones (excluding diaryl/α,β-unsaturated/α-hetero) is 1. The fourth-order valence-corrected chi connectivity index (χ4v) is 7.27. The van der Waals surface area contributed by atoms with Gasteiger partial charge in [-0.2, -0.15) is 0 Å². The van der Waals surface area contributed by atoms with E-state index in [2.05, 4.69) is 0 Å². The van der Waals surface area contributed by atoms with Crippen LogP contribution in [0, 0.1) is 28.6 Å². The number of ketones is 2. The molecule has 4 rings (SSSR count). The Kier molecular flexibility index (Phi) is 4.48. The summed E-state index contributed by atoms with van der Waals surface area (Å²) >= 11 is 6.10. The molecule has 5 nitrogen and oxygen atoms in total. The van der Waals surface area contributed by atoms with E-state index in [0.717, 1.165) is 0 Å². The summed E-state index contributed by atoms with van der Waals surface area (Å²) in [7, 11) is 0. The van der Waals surface area contributed by atoms with Crippen molar-refractivity contribution in [2.75, 3.05) is 6.61 Å². The predicted octanol–water partition coefficient (Wildman–Crippen LogP) is 2.07. The number of aliphatic hydroxyl groups is 3. The normalized spacial score (nSPS) is 50.2. The van der Waals surface area contributed by atoms with Crippen molar-refractivity contribution < 1.29 is 29.3 Å². The highest BCUT2D eigenvalue weighted by atomic mass is 35.5. The monoisotopic (exact) mass is 412 g/mol. The van der Waals surface area contributed by atoms with Gasteiger partial charge in [0.1, 0.15) is 18.4 Å². The standard InChI is InChI=1S/C21H26ClFO5/c1-19-7-13(22)15(25)6-12(19)14(23)5-10-11-3-4-21(28,17(27)9-24)20(11,2)8-16(26)18(10)19/h6-7,10-11,14,16,18,24,26,28H,3-5,8-9H2,1-2H3/t10-,11-,14-,16-,18+,19-,20-,21-/m0/s1. The molecule has 0 radical (unpaired) electrons. The van der Waals surface area contributed by atoms with Crippen molar-refractivity contribution in [2.24, 2.45) is 28.6 Å². The topological polar surface area (TPSA) is 94.8 Å². The van der Waals surface area contributed by atoms with Gasteiger partial charge in [-0.3, -0.25) is 9.59 Å². The number of carbonyl (C=O) groups is 2. The van der Waals surface area contributed by atoms with Gasteiger partial charge < -0.3 is 15.3 Å². The number of hydrogen-bond donors (Lipinski definition) is 3. The van der Waals surface area contributed by atoms with Crippen LogP contribution in [0.2, 0.25) is 0 Å². The molecule has 0 aromatic heterocycles. The molecule has 3 saturated carbocycles. The van der Waals surface area contributed by atoms with Crippen molar-refractivity contribution in [1.82, 2.24) is 0 Å². The molecule has 28 heavy (non-hydrogen) atoms. The average Bonchev–Trinajstić information content (AvgIpc) is 2.88. The lowest BCUT2D eigenvalue weighted by Crippen LogP contribution is -2.62. The molecule has 0 saturated heterocycles. The van der Waals surface area contributed by atoms with E-state index >= 15 is 4.39 Å². The number of alkyl halides is 1. The van der Waals surface area contributed by atoms with Gasteiger partial charge in [0, 0.05) is 16.7 Å². The van der Waals surface area contributed by atoms with E-state index in [1.807, 2.05) is 6.92 Å². The quantitative estimate of drug-likeness (QED) is 0.645. The molecule has 4 aliphatic rings. The van der Waals surface area contributed by atoms with Crippen molar-refractivity contribution >= 4 is 23.2 Å². The second-order valence-electron chi connectivity index (χ2n) is 9.41. The Morgan fingerprint density at radius 2 is 2.07 bits per heavy atom. The summed E-state index contributed by atoms with van der Waals surface area (Å²) in [6.07, 6.45) is 1.59. The van der Waals surface area contributed by atoms with Gasteiger partial charge in [0.05, 0.1) is 11.1 Å². The maximum Gasteiger partial charge on any atom is 0.196 e. The second kappa shape index (κ2) is 6.21. The number of halogens is 2. The summed E-state index contributed by atoms with van der Waals surface area (Å²) in [6, 6.07) is 0. The van der Waals surface area contributed by atoms with Gasteiger partial charge in [0.25, 0.3) is 0 Å². The molecule has 8 atom stereocenters. The van der Waals surface area contributed by atoms with Crippen LogP contribution in [-0.2, 0) is 9.59 Å². The van der Waals surface area contributed by atoms with Gasteiger partial charge in [-0.1, -0.05) is 31.5 Å². The Labute approximate surface area is 168 Å². The number of carbonyl (C=O) groups excluding carboxylic acids is 2. The van der Waals surface area contributed by atoms with Crippen LogP contribution in [0.15, 0.2) is 22.8 Å². The van der Waals surface area contributed by atoms with Crippen LogP contribution in [0.5, 0.6) is 0 Å². The van der Waals surface area contributed by atoms with Gasteiger partial charge in [0.2, 0.25) is 0 Å². The van der Waals surface area contributed by atoms with E-state index in [0.29, 0.717) is 12.0 Å². The molecular formula is C21H26ClFO5. The van der Waals surface area contributed by atoms with E-state index < -0.39 is 46.9 Å². The largest absolute Gasteiger partial charge is 0.393 e. The summed E-state index contributed by atoms with van der Waals surface area (Å²) in [5.41, 5.74) is -3.21. The molecule has 154 valence electrons. The lowest BCUT2D eigenvalue weighted by atomic mass is 9.46. The van der Waals surface area contributed by atoms with Gasteiger partial charge in [-0.15, -0.1) is 0 Å². The maximum absolute atomic E-state index is 15.2.